The molecule has 0 saturated carbocycles. The molecule has 1 aliphatic heterocycles. The van der Waals surface area contributed by atoms with Gasteiger partial charge in [-0.15, -0.1) is 0 Å². The summed E-state index contributed by atoms with van der Waals surface area (Å²) in [5.41, 5.74) is 2.19. The van der Waals surface area contributed by atoms with Crippen LogP contribution >= 0.6 is 0 Å². The highest BCUT2D eigenvalue weighted by Crippen LogP contribution is 2.23. The van der Waals surface area contributed by atoms with E-state index in [0.29, 0.717) is 6.04 Å². The molecule has 1 saturated heterocycles. The van der Waals surface area contributed by atoms with Gasteiger partial charge in [-0.3, -0.25) is 4.79 Å². The third-order valence-electron chi connectivity index (χ3n) is 3.88. The lowest BCUT2D eigenvalue weighted by atomic mass is 9.86. The SMILES string of the molecule is CNC1CCN(C(=O)c2ccc(C(C)(C)C)cc2)C1. The summed E-state index contributed by atoms with van der Waals surface area (Å²) >= 11 is 0. The summed E-state index contributed by atoms with van der Waals surface area (Å²) in [4.78, 5) is 14.3. The minimum Gasteiger partial charge on any atom is -0.337 e. The standard InChI is InChI=1S/C16H24N2O/c1-16(2,3)13-7-5-12(6-8-13)15(19)18-10-9-14(11-18)17-4/h5-8,14,17H,9-11H2,1-4H3. The number of benzene rings is 1. The minimum atomic E-state index is 0.131. The van der Waals surface area contributed by atoms with Crippen LogP contribution in [0.4, 0.5) is 0 Å². The van der Waals surface area contributed by atoms with Crippen LogP contribution in [0.2, 0.25) is 0 Å². The molecular weight excluding hydrogens is 236 g/mol. The maximum atomic E-state index is 12.4. The molecule has 1 amide bonds. The van der Waals surface area contributed by atoms with E-state index in [1.54, 1.807) is 0 Å². The van der Waals surface area contributed by atoms with Crippen LogP contribution in [0.15, 0.2) is 24.3 Å². The highest BCUT2D eigenvalue weighted by molar-refractivity contribution is 5.94. The Bertz CT molecular complexity index is 445. The van der Waals surface area contributed by atoms with Crippen LogP contribution in [0.5, 0.6) is 0 Å². The summed E-state index contributed by atoms with van der Waals surface area (Å²) in [6.45, 7) is 8.22. The summed E-state index contributed by atoms with van der Waals surface area (Å²) < 4.78 is 0. The molecule has 104 valence electrons. The Hall–Kier alpha value is -1.35. The van der Waals surface area contributed by atoms with Crippen LogP contribution in [0.1, 0.15) is 43.1 Å². The molecule has 1 N–H and O–H groups in total. The van der Waals surface area contributed by atoms with Gasteiger partial charge >= 0.3 is 0 Å². The number of hydrogen-bond acceptors (Lipinski definition) is 2. The zero-order valence-electron chi connectivity index (χ0n) is 12.4. The van der Waals surface area contributed by atoms with E-state index in [9.17, 15) is 4.79 Å². The van der Waals surface area contributed by atoms with Crippen LogP contribution in [0, 0.1) is 0 Å². The number of carbonyl (C=O) groups excluding carboxylic acids is 1. The predicted octanol–water partition coefficient (Wildman–Crippen LogP) is 2.42. The van der Waals surface area contributed by atoms with Crippen molar-refractivity contribution < 1.29 is 4.79 Å². The zero-order chi connectivity index (χ0) is 14.0. The van der Waals surface area contributed by atoms with Gasteiger partial charge in [0.15, 0.2) is 0 Å². The predicted molar refractivity (Wildman–Crippen MR) is 78.5 cm³/mol. The van der Waals surface area contributed by atoms with E-state index in [4.69, 9.17) is 0 Å². The fourth-order valence-corrected chi connectivity index (χ4v) is 2.48. The monoisotopic (exact) mass is 260 g/mol. The van der Waals surface area contributed by atoms with E-state index < -0.39 is 0 Å². The molecule has 3 heteroatoms. The summed E-state index contributed by atoms with van der Waals surface area (Å²) in [5.74, 6) is 0.151. The molecular formula is C16H24N2O. The molecule has 1 aromatic rings. The van der Waals surface area contributed by atoms with Gasteiger partial charge in [-0.2, -0.15) is 0 Å². The van der Waals surface area contributed by atoms with Crippen LogP contribution in [-0.4, -0.2) is 37.0 Å². The van der Waals surface area contributed by atoms with Crippen molar-refractivity contribution in [2.45, 2.75) is 38.6 Å². The molecule has 3 nitrogen and oxygen atoms in total. The Kier molecular flexibility index (Phi) is 3.95. The van der Waals surface area contributed by atoms with E-state index in [2.05, 4.69) is 38.2 Å². The van der Waals surface area contributed by atoms with Gasteiger partial charge in [0.2, 0.25) is 0 Å². The van der Waals surface area contributed by atoms with Crippen molar-refractivity contribution in [3.63, 3.8) is 0 Å². The fourth-order valence-electron chi connectivity index (χ4n) is 2.48. The number of likely N-dealkylation sites (tertiary alicyclic amines) is 1. The summed E-state index contributed by atoms with van der Waals surface area (Å²) in [6.07, 6.45) is 1.04. The summed E-state index contributed by atoms with van der Waals surface area (Å²) in [6, 6.07) is 8.49. The highest BCUT2D eigenvalue weighted by atomic mass is 16.2. The first-order valence-corrected chi connectivity index (χ1v) is 6.99. The topological polar surface area (TPSA) is 32.3 Å². The van der Waals surface area contributed by atoms with Crippen molar-refractivity contribution in [2.75, 3.05) is 20.1 Å². The number of carbonyl (C=O) groups is 1. The first-order chi connectivity index (χ1) is 8.91. The minimum absolute atomic E-state index is 0.131. The van der Waals surface area contributed by atoms with Crippen LogP contribution in [0.25, 0.3) is 0 Å². The van der Waals surface area contributed by atoms with Gasteiger partial charge in [0.1, 0.15) is 0 Å². The van der Waals surface area contributed by atoms with E-state index in [1.165, 1.54) is 5.56 Å². The molecule has 0 bridgehead atoms. The van der Waals surface area contributed by atoms with Crippen molar-refractivity contribution in [1.29, 1.82) is 0 Å². The van der Waals surface area contributed by atoms with Crippen molar-refractivity contribution >= 4 is 5.91 Å². The first-order valence-electron chi connectivity index (χ1n) is 6.99. The largest absolute Gasteiger partial charge is 0.337 e. The van der Waals surface area contributed by atoms with Gasteiger partial charge in [-0.05, 0) is 36.6 Å². The fraction of sp³-hybridized carbons (Fsp3) is 0.562. The van der Waals surface area contributed by atoms with Crippen molar-refractivity contribution in [3.05, 3.63) is 35.4 Å². The maximum absolute atomic E-state index is 12.4. The Balaban J connectivity index is 2.08. The highest BCUT2D eigenvalue weighted by Gasteiger charge is 2.26. The zero-order valence-corrected chi connectivity index (χ0v) is 12.4. The number of likely N-dealkylation sites (N-methyl/N-ethyl adjacent to an activating group) is 1. The van der Waals surface area contributed by atoms with E-state index in [0.717, 1.165) is 25.1 Å². The Morgan fingerprint density at radius 2 is 1.89 bits per heavy atom. The molecule has 1 fully saturated rings. The van der Waals surface area contributed by atoms with Crippen LogP contribution in [0.3, 0.4) is 0 Å². The van der Waals surface area contributed by atoms with Crippen molar-refractivity contribution in [2.24, 2.45) is 0 Å². The van der Waals surface area contributed by atoms with Crippen LogP contribution in [-0.2, 0) is 5.41 Å². The van der Waals surface area contributed by atoms with Gasteiger partial charge in [0.25, 0.3) is 5.91 Å². The summed E-state index contributed by atoms with van der Waals surface area (Å²) in [7, 11) is 1.96. The third-order valence-corrected chi connectivity index (χ3v) is 3.88. The molecule has 1 heterocycles. The van der Waals surface area contributed by atoms with Crippen LogP contribution < -0.4 is 5.32 Å². The second-order valence-electron chi connectivity index (χ2n) is 6.35. The average molecular weight is 260 g/mol. The lowest BCUT2D eigenvalue weighted by Crippen LogP contribution is -2.33. The first kappa shape index (κ1) is 14.1. The molecule has 19 heavy (non-hydrogen) atoms. The van der Waals surface area contributed by atoms with Gasteiger partial charge in [-0.1, -0.05) is 32.9 Å². The Morgan fingerprint density at radius 3 is 2.37 bits per heavy atom. The second kappa shape index (κ2) is 5.33. The van der Waals surface area contributed by atoms with E-state index in [-0.39, 0.29) is 11.3 Å². The quantitative estimate of drug-likeness (QED) is 0.885. The molecule has 1 aromatic carbocycles. The number of rotatable bonds is 2. The average Bonchev–Trinajstić information content (AvgIpc) is 2.86. The molecule has 0 radical (unpaired) electrons. The Labute approximate surface area is 116 Å². The lowest BCUT2D eigenvalue weighted by molar-refractivity contribution is 0.0789. The molecule has 1 aliphatic rings. The van der Waals surface area contributed by atoms with Gasteiger partial charge in [-0.25, -0.2) is 0 Å². The van der Waals surface area contributed by atoms with Crippen molar-refractivity contribution in [1.82, 2.24) is 10.2 Å². The molecule has 0 aliphatic carbocycles. The molecule has 1 atom stereocenters. The smallest absolute Gasteiger partial charge is 0.253 e. The second-order valence-corrected chi connectivity index (χ2v) is 6.35. The van der Waals surface area contributed by atoms with E-state index in [1.807, 2.05) is 24.1 Å². The molecule has 0 aromatic heterocycles. The number of nitrogens with zero attached hydrogens (tertiary/aromatic N) is 1. The lowest BCUT2D eigenvalue weighted by Gasteiger charge is -2.20. The third kappa shape index (κ3) is 3.16. The van der Waals surface area contributed by atoms with Gasteiger partial charge in [0.05, 0.1) is 0 Å². The number of nitrogens with one attached hydrogen (secondary N) is 1. The molecule has 1 unspecified atom stereocenters. The number of hydrogen-bond donors (Lipinski definition) is 1. The van der Waals surface area contributed by atoms with Gasteiger partial charge < -0.3 is 10.2 Å². The summed E-state index contributed by atoms with van der Waals surface area (Å²) in [5, 5.41) is 3.24. The normalized spacial score (nSPS) is 19.8. The van der Waals surface area contributed by atoms with Gasteiger partial charge in [0, 0.05) is 24.7 Å². The van der Waals surface area contributed by atoms with Crippen molar-refractivity contribution in [3.8, 4) is 0 Å². The molecule has 2 rings (SSSR count). The number of amides is 1. The molecule has 0 spiro atoms. The maximum Gasteiger partial charge on any atom is 0.253 e. The Morgan fingerprint density at radius 1 is 1.26 bits per heavy atom. The van der Waals surface area contributed by atoms with E-state index >= 15 is 0 Å².